The number of carbonyl (C=O) groups is 1. The summed E-state index contributed by atoms with van der Waals surface area (Å²) in [4.78, 5) is 11.3. The van der Waals surface area contributed by atoms with Crippen LogP contribution in [-0.2, 0) is 9.53 Å². The van der Waals surface area contributed by atoms with Crippen molar-refractivity contribution in [2.45, 2.75) is 19.1 Å². The lowest BCUT2D eigenvalue weighted by molar-refractivity contribution is -0.149. The van der Waals surface area contributed by atoms with E-state index in [0.717, 1.165) is 0 Å². The van der Waals surface area contributed by atoms with Crippen LogP contribution in [0, 0.1) is 0 Å². The van der Waals surface area contributed by atoms with E-state index in [-0.39, 0.29) is 41.8 Å². The number of phenols is 1. The maximum atomic E-state index is 13.9. The topological polar surface area (TPSA) is 91.0 Å². The molecule has 8 heteroatoms. The molecule has 0 aliphatic carbocycles. The van der Waals surface area contributed by atoms with Crippen LogP contribution in [0.5, 0.6) is 17.2 Å². The van der Waals surface area contributed by atoms with E-state index in [0.29, 0.717) is 0 Å². The van der Waals surface area contributed by atoms with Gasteiger partial charge in [-0.2, -0.15) is 0 Å². The van der Waals surface area contributed by atoms with E-state index in [9.17, 15) is 14.3 Å². The molecule has 6 nitrogen and oxygen atoms in total. The normalized spacial score (nSPS) is 12.8. The zero-order valence-corrected chi connectivity index (χ0v) is 12.8. The molecule has 1 aromatic rings. The van der Waals surface area contributed by atoms with Crippen molar-refractivity contribution in [3.05, 3.63) is 17.7 Å². The first kappa shape index (κ1) is 19.3. The molecule has 2 atom stereocenters. The fourth-order valence-electron chi connectivity index (χ4n) is 1.64. The molecule has 21 heavy (non-hydrogen) atoms. The van der Waals surface area contributed by atoms with Crippen LogP contribution in [0.15, 0.2) is 12.1 Å². The van der Waals surface area contributed by atoms with Gasteiger partial charge in [-0.25, -0.2) is 9.18 Å². The van der Waals surface area contributed by atoms with Crippen molar-refractivity contribution in [1.82, 2.24) is 0 Å². The molecule has 0 aromatic heterocycles. The van der Waals surface area contributed by atoms with E-state index in [2.05, 4.69) is 4.74 Å². The number of hydrogen-bond acceptors (Lipinski definition) is 6. The molecule has 1 rings (SSSR count). The van der Waals surface area contributed by atoms with Crippen molar-refractivity contribution in [1.29, 1.82) is 0 Å². The first-order valence-electron chi connectivity index (χ1n) is 5.97. The summed E-state index contributed by atoms with van der Waals surface area (Å²) in [5.74, 6) is -1.11. The highest BCUT2D eigenvalue weighted by atomic mass is 35.5. The van der Waals surface area contributed by atoms with Crippen LogP contribution in [0.1, 0.15) is 18.5 Å². The number of ether oxygens (including phenoxy) is 3. The van der Waals surface area contributed by atoms with Crippen molar-refractivity contribution in [2.75, 3.05) is 20.8 Å². The zero-order chi connectivity index (χ0) is 15.3. The van der Waals surface area contributed by atoms with Crippen molar-refractivity contribution in [3.63, 3.8) is 0 Å². The second-order valence-electron chi connectivity index (χ2n) is 3.95. The Balaban J connectivity index is 0.00000400. The number of phenolic OH excluding ortho intramolecular Hbond substituents is 1. The lowest BCUT2D eigenvalue weighted by Crippen LogP contribution is -2.31. The van der Waals surface area contributed by atoms with E-state index in [1.54, 1.807) is 6.92 Å². The van der Waals surface area contributed by atoms with Crippen LogP contribution in [0.25, 0.3) is 0 Å². The molecular formula is C13H19ClFNO5. The van der Waals surface area contributed by atoms with Crippen LogP contribution in [0.3, 0.4) is 0 Å². The standard InChI is InChI=1S/C13H18FNO5.ClH/c1-4-20-13(17)10(14)11(15)7-5-8(18-2)12(16)9(6-7)19-3;/h5-6,10-11,16H,4,15H2,1-3H3;1H/t10?,11-;/m1./s1. The number of hydrogen-bond donors (Lipinski definition) is 2. The molecule has 0 spiro atoms. The Hall–Kier alpha value is -1.73. The minimum Gasteiger partial charge on any atom is -0.502 e. The third-order valence-corrected chi connectivity index (χ3v) is 2.71. The van der Waals surface area contributed by atoms with E-state index in [4.69, 9.17) is 15.2 Å². The summed E-state index contributed by atoms with van der Waals surface area (Å²) < 4.78 is 28.4. The quantitative estimate of drug-likeness (QED) is 0.775. The van der Waals surface area contributed by atoms with Gasteiger partial charge in [-0.3, -0.25) is 0 Å². The van der Waals surface area contributed by atoms with Crippen LogP contribution in [0.2, 0.25) is 0 Å². The molecule has 1 unspecified atom stereocenters. The Labute approximate surface area is 128 Å². The molecule has 0 aliphatic heterocycles. The molecule has 0 radical (unpaired) electrons. The third kappa shape index (κ3) is 4.37. The molecule has 0 fully saturated rings. The van der Waals surface area contributed by atoms with Crippen molar-refractivity contribution >= 4 is 18.4 Å². The Kier molecular flexibility index (Phi) is 7.83. The van der Waals surface area contributed by atoms with E-state index in [1.165, 1.54) is 26.4 Å². The average Bonchev–Trinajstić information content (AvgIpc) is 2.46. The molecule has 120 valence electrons. The first-order valence-corrected chi connectivity index (χ1v) is 5.97. The van der Waals surface area contributed by atoms with Gasteiger partial charge in [-0.1, -0.05) is 0 Å². The number of esters is 1. The maximum Gasteiger partial charge on any atom is 0.342 e. The van der Waals surface area contributed by atoms with Crippen LogP contribution in [-0.4, -0.2) is 38.1 Å². The van der Waals surface area contributed by atoms with Gasteiger partial charge in [0.25, 0.3) is 0 Å². The predicted molar refractivity (Wildman–Crippen MR) is 76.9 cm³/mol. The van der Waals surface area contributed by atoms with E-state index < -0.39 is 18.2 Å². The fourth-order valence-corrected chi connectivity index (χ4v) is 1.64. The van der Waals surface area contributed by atoms with Gasteiger partial charge in [-0.05, 0) is 24.6 Å². The molecule has 0 aliphatic rings. The first-order chi connectivity index (χ1) is 9.46. The Morgan fingerprint density at radius 2 is 1.81 bits per heavy atom. The SMILES string of the molecule is CCOC(=O)C(F)[C@H](N)c1cc(OC)c(O)c(OC)c1.Cl. The zero-order valence-electron chi connectivity index (χ0n) is 12.0. The second kappa shape index (κ2) is 8.53. The number of methoxy groups -OCH3 is 2. The molecular weight excluding hydrogens is 305 g/mol. The Morgan fingerprint density at radius 3 is 2.19 bits per heavy atom. The summed E-state index contributed by atoms with van der Waals surface area (Å²) in [6.45, 7) is 1.64. The maximum absolute atomic E-state index is 13.9. The minimum atomic E-state index is -2.02. The molecule has 0 amide bonds. The molecule has 0 bridgehead atoms. The van der Waals surface area contributed by atoms with Gasteiger partial charge >= 0.3 is 5.97 Å². The third-order valence-electron chi connectivity index (χ3n) is 2.71. The van der Waals surface area contributed by atoms with Gasteiger partial charge in [0.1, 0.15) is 0 Å². The lowest BCUT2D eigenvalue weighted by Gasteiger charge is -2.18. The number of aromatic hydroxyl groups is 1. The van der Waals surface area contributed by atoms with Gasteiger partial charge in [0.2, 0.25) is 11.9 Å². The molecule has 0 heterocycles. The van der Waals surface area contributed by atoms with Gasteiger partial charge < -0.3 is 25.1 Å². The van der Waals surface area contributed by atoms with Crippen molar-refractivity contribution < 1.29 is 28.5 Å². The Bertz CT molecular complexity index is 461. The highest BCUT2D eigenvalue weighted by Crippen LogP contribution is 2.39. The molecule has 0 saturated carbocycles. The highest BCUT2D eigenvalue weighted by molar-refractivity contribution is 5.85. The fraction of sp³-hybridized carbons (Fsp3) is 0.462. The number of carbonyl (C=O) groups excluding carboxylic acids is 1. The van der Waals surface area contributed by atoms with Gasteiger partial charge in [0.05, 0.1) is 26.9 Å². The summed E-state index contributed by atoms with van der Waals surface area (Å²) in [6, 6.07) is 1.43. The largest absolute Gasteiger partial charge is 0.502 e. The van der Waals surface area contributed by atoms with Gasteiger partial charge in [-0.15, -0.1) is 12.4 Å². The number of halogens is 2. The number of nitrogens with two attached hydrogens (primary N) is 1. The second-order valence-corrected chi connectivity index (χ2v) is 3.95. The van der Waals surface area contributed by atoms with Gasteiger partial charge in [0.15, 0.2) is 11.5 Å². The summed E-state index contributed by atoms with van der Waals surface area (Å²) in [5.41, 5.74) is 5.95. The predicted octanol–water partition coefficient (Wildman–Crippen LogP) is 1.73. The molecule has 1 aromatic carbocycles. The van der Waals surface area contributed by atoms with E-state index in [1.807, 2.05) is 0 Å². The molecule has 3 N–H and O–H groups in total. The molecule has 0 saturated heterocycles. The van der Waals surface area contributed by atoms with Crippen molar-refractivity contribution in [2.24, 2.45) is 5.73 Å². The van der Waals surface area contributed by atoms with Crippen LogP contribution >= 0.6 is 12.4 Å². The summed E-state index contributed by atoms with van der Waals surface area (Å²) in [7, 11) is 2.67. The average molecular weight is 324 g/mol. The Morgan fingerprint density at radius 1 is 1.33 bits per heavy atom. The number of rotatable bonds is 6. The van der Waals surface area contributed by atoms with E-state index >= 15 is 0 Å². The lowest BCUT2D eigenvalue weighted by atomic mass is 10.0. The van der Waals surface area contributed by atoms with Crippen LogP contribution in [0.4, 0.5) is 4.39 Å². The van der Waals surface area contributed by atoms with Crippen molar-refractivity contribution in [3.8, 4) is 17.2 Å². The minimum absolute atomic E-state index is 0. The number of alkyl halides is 1. The summed E-state index contributed by atoms with van der Waals surface area (Å²) >= 11 is 0. The highest BCUT2D eigenvalue weighted by Gasteiger charge is 2.29. The smallest absolute Gasteiger partial charge is 0.342 e. The monoisotopic (exact) mass is 323 g/mol. The number of benzene rings is 1. The summed E-state index contributed by atoms with van der Waals surface area (Å²) in [5, 5.41) is 9.75. The summed E-state index contributed by atoms with van der Waals surface area (Å²) in [6.07, 6.45) is -2.02. The van der Waals surface area contributed by atoms with Gasteiger partial charge in [0, 0.05) is 0 Å². The van der Waals surface area contributed by atoms with Crippen LogP contribution < -0.4 is 15.2 Å².